The zero-order valence-electron chi connectivity index (χ0n) is 13.4. The molecule has 1 saturated heterocycles. The summed E-state index contributed by atoms with van der Waals surface area (Å²) in [7, 11) is 1.44. The molecule has 6 heteroatoms. The quantitative estimate of drug-likeness (QED) is 0.688. The minimum Gasteiger partial charge on any atom is -0.469 e. The average Bonchev–Trinajstić information content (AvgIpc) is 3.01. The number of likely N-dealkylation sites (tertiary alicyclic amines) is 1. The number of rotatable bonds is 4. The van der Waals surface area contributed by atoms with E-state index in [2.05, 4.69) is 27.1 Å². The summed E-state index contributed by atoms with van der Waals surface area (Å²) in [5.41, 5.74) is 4.06. The molecule has 1 aliphatic heterocycles. The number of methoxy groups -OCH3 is 1. The molecule has 0 amide bonds. The molecule has 24 heavy (non-hydrogen) atoms. The fourth-order valence-corrected chi connectivity index (χ4v) is 3.09. The van der Waals surface area contributed by atoms with Crippen LogP contribution in [0.4, 0.5) is 0 Å². The van der Waals surface area contributed by atoms with Crippen molar-refractivity contribution in [2.24, 2.45) is 5.92 Å². The van der Waals surface area contributed by atoms with E-state index in [1.807, 2.05) is 41.3 Å². The molecule has 4 rings (SSSR count). The van der Waals surface area contributed by atoms with Gasteiger partial charge in [0.15, 0.2) is 5.65 Å². The predicted molar refractivity (Wildman–Crippen MR) is 89.2 cm³/mol. The predicted octanol–water partition coefficient (Wildman–Crippen LogP) is 2.00. The van der Waals surface area contributed by atoms with Crippen molar-refractivity contribution in [2.45, 2.75) is 6.54 Å². The number of hydrogen-bond acceptors (Lipinski definition) is 5. The second-order valence-corrected chi connectivity index (χ2v) is 6.07. The first-order valence-electron chi connectivity index (χ1n) is 7.92. The number of carbonyl (C=O) groups excluding carboxylic acids is 1. The van der Waals surface area contributed by atoms with E-state index in [1.54, 1.807) is 0 Å². The normalized spacial score (nSPS) is 15.4. The van der Waals surface area contributed by atoms with Gasteiger partial charge in [-0.05, 0) is 5.56 Å². The molecule has 122 valence electrons. The van der Waals surface area contributed by atoms with Gasteiger partial charge in [-0.3, -0.25) is 9.69 Å². The molecule has 0 unspecified atom stereocenters. The third-order valence-electron chi connectivity index (χ3n) is 4.39. The topological polar surface area (TPSA) is 59.7 Å². The van der Waals surface area contributed by atoms with Crippen LogP contribution in [0.5, 0.6) is 0 Å². The van der Waals surface area contributed by atoms with Gasteiger partial charge in [-0.1, -0.05) is 30.3 Å². The lowest BCUT2D eigenvalue weighted by molar-refractivity contribution is -0.151. The van der Waals surface area contributed by atoms with Gasteiger partial charge in [-0.2, -0.15) is 5.10 Å². The standard InChI is InChI=1S/C18H18N4O2/c1-24-18(23)15-11-21(12-15)9-13-7-19-17-16(8-20-22(17)10-13)14-5-3-2-4-6-14/h2-8,10,15H,9,11-12H2,1H3. The molecule has 0 spiro atoms. The van der Waals surface area contributed by atoms with Crippen LogP contribution in [0.1, 0.15) is 5.56 Å². The van der Waals surface area contributed by atoms with Gasteiger partial charge >= 0.3 is 5.97 Å². The Labute approximate surface area is 139 Å². The smallest absolute Gasteiger partial charge is 0.311 e. The molecule has 3 aromatic rings. The Morgan fingerprint density at radius 3 is 2.79 bits per heavy atom. The van der Waals surface area contributed by atoms with Crippen molar-refractivity contribution in [3.8, 4) is 11.1 Å². The van der Waals surface area contributed by atoms with Gasteiger partial charge in [0.2, 0.25) is 0 Å². The van der Waals surface area contributed by atoms with Crippen molar-refractivity contribution in [3.63, 3.8) is 0 Å². The van der Waals surface area contributed by atoms with Crippen LogP contribution >= 0.6 is 0 Å². The van der Waals surface area contributed by atoms with Crippen LogP contribution in [0.25, 0.3) is 16.8 Å². The fourth-order valence-electron chi connectivity index (χ4n) is 3.09. The zero-order valence-corrected chi connectivity index (χ0v) is 13.4. The first-order chi connectivity index (χ1) is 11.7. The van der Waals surface area contributed by atoms with Gasteiger partial charge in [-0.25, -0.2) is 9.50 Å². The molecule has 3 heterocycles. The number of ether oxygens (including phenoxy) is 1. The summed E-state index contributed by atoms with van der Waals surface area (Å²) >= 11 is 0. The lowest BCUT2D eigenvalue weighted by Crippen LogP contribution is -2.50. The summed E-state index contributed by atoms with van der Waals surface area (Å²) in [6.45, 7) is 2.23. The number of aromatic nitrogens is 3. The van der Waals surface area contributed by atoms with Crippen molar-refractivity contribution >= 4 is 11.6 Å². The van der Waals surface area contributed by atoms with E-state index in [-0.39, 0.29) is 11.9 Å². The van der Waals surface area contributed by atoms with E-state index < -0.39 is 0 Å². The molecule has 0 radical (unpaired) electrons. The van der Waals surface area contributed by atoms with Crippen LogP contribution in [0.3, 0.4) is 0 Å². The number of carbonyl (C=O) groups is 1. The van der Waals surface area contributed by atoms with Gasteiger partial charge in [0.1, 0.15) is 0 Å². The van der Waals surface area contributed by atoms with Crippen LogP contribution in [0.15, 0.2) is 48.9 Å². The Bertz CT molecular complexity index is 869. The summed E-state index contributed by atoms with van der Waals surface area (Å²) in [6.07, 6.45) is 5.73. The van der Waals surface area contributed by atoms with Crippen molar-refractivity contribution in [1.29, 1.82) is 0 Å². The Morgan fingerprint density at radius 2 is 2.04 bits per heavy atom. The second kappa shape index (κ2) is 6.05. The first-order valence-corrected chi connectivity index (χ1v) is 7.92. The number of esters is 1. The average molecular weight is 322 g/mol. The third-order valence-corrected chi connectivity index (χ3v) is 4.39. The van der Waals surface area contributed by atoms with Gasteiger partial charge in [0, 0.05) is 43.2 Å². The van der Waals surface area contributed by atoms with E-state index in [1.165, 1.54) is 7.11 Å². The second-order valence-electron chi connectivity index (χ2n) is 6.07. The Balaban J connectivity index is 1.50. The maximum Gasteiger partial charge on any atom is 0.311 e. The number of nitrogens with zero attached hydrogens (tertiary/aromatic N) is 4. The van der Waals surface area contributed by atoms with Crippen LogP contribution < -0.4 is 0 Å². The fraction of sp³-hybridized carbons (Fsp3) is 0.278. The van der Waals surface area contributed by atoms with Crippen LogP contribution in [0.2, 0.25) is 0 Å². The monoisotopic (exact) mass is 322 g/mol. The summed E-state index contributed by atoms with van der Waals surface area (Å²) in [5, 5.41) is 4.42. The van der Waals surface area contributed by atoms with Crippen LogP contribution in [0, 0.1) is 5.92 Å². The maximum absolute atomic E-state index is 11.4. The van der Waals surface area contributed by atoms with Gasteiger partial charge in [-0.15, -0.1) is 0 Å². The van der Waals surface area contributed by atoms with Crippen LogP contribution in [-0.4, -0.2) is 45.7 Å². The van der Waals surface area contributed by atoms with Crippen LogP contribution in [-0.2, 0) is 16.1 Å². The SMILES string of the molecule is COC(=O)C1CN(Cc2cnc3c(-c4ccccc4)cnn3c2)C1. The molecular formula is C18H18N4O2. The van der Waals surface area contributed by atoms with E-state index in [4.69, 9.17) is 4.74 Å². The van der Waals surface area contributed by atoms with Crippen molar-refractivity contribution < 1.29 is 9.53 Å². The van der Waals surface area contributed by atoms with E-state index in [9.17, 15) is 4.79 Å². The van der Waals surface area contributed by atoms with E-state index >= 15 is 0 Å². The van der Waals surface area contributed by atoms with Gasteiger partial charge < -0.3 is 4.74 Å². The molecule has 6 nitrogen and oxygen atoms in total. The Morgan fingerprint density at radius 1 is 1.25 bits per heavy atom. The summed E-state index contributed by atoms with van der Waals surface area (Å²) in [5.74, 6) is -0.125. The highest BCUT2D eigenvalue weighted by Crippen LogP contribution is 2.24. The summed E-state index contributed by atoms with van der Waals surface area (Å²) in [6, 6.07) is 10.1. The molecular weight excluding hydrogens is 304 g/mol. The van der Waals surface area contributed by atoms with E-state index in [0.29, 0.717) is 0 Å². The minimum absolute atomic E-state index is 0.000997. The molecule has 0 aliphatic carbocycles. The lowest BCUT2D eigenvalue weighted by Gasteiger charge is -2.37. The van der Waals surface area contributed by atoms with Gasteiger partial charge in [0.25, 0.3) is 0 Å². The first kappa shape index (κ1) is 14.8. The molecule has 0 atom stereocenters. The molecule has 1 aromatic carbocycles. The third kappa shape index (κ3) is 2.65. The number of benzene rings is 1. The van der Waals surface area contributed by atoms with Crippen molar-refractivity contribution in [3.05, 3.63) is 54.5 Å². The highest BCUT2D eigenvalue weighted by atomic mass is 16.5. The lowest BCUT2D eigenvalue weighted by atomic mass is 10.00. The summed E-state index contributed by atoms with van der Waals surface area (Å²) < 4.78 is 6.58. The Hall–Kier alpha value is -2.73. The van der Waals surface area contributed by atoms with Crippen molar-refractivity contribution in [2.75, 3.05) is 20.2 Å². The molecule has 2 aromatic heterocycles. The molecule has 0 saturated carbocycles. The summed E-state index contributed by atoms with van der Waals surface area (Å²) in [4.78, 5) is 18.2. The Kier molecular flexibility index (Phi) is 3.74. The molecule has 1 fully saturated rings. The molecule has 1 aliphatic rings. The largest absolute Gasteiger partial charge is 0.469 e. The van der Waals surface area contributed by atoms with Gasteiger partial charge in [0.05, 0.1) is 19.2 Å². The molecule has 0 bridgehead atoms. The zero-order chi connectivity index (χ0) is 16.5. The molecule has 0 N–H and O–H groups in total. The van der Waals surface area contributed by atoms with Crippen molar-refractivity contribution in [1.82, 2.24) is 19.5 Å². The minimum atomic E-state index is -0.126. The highest BCUT2D eigenvalue weighted by molar-refractivity contribution is 5.76. The number of fused-ring (bicyclic) bond motifs is 1. The maximum atomic E-state index is 11.4. The van der Waals surface area contributed by atoms with E-state index in [0.717, 1.165) is 42.0 Å². The number of hydrogen-bond donors (Lipinski definition) is 0. The highest BCUT2D eigenvalue weighted by Gasteiger charge is 2.33.